The molecular formula is C16H7Cl5N2O2. The topological polar surface area (TPSA) is 49.4 Å². The zero-order valence-corrected chi connectivity index (χ0v) is 15.9. The average Bonchev–Trinajstić information content (AvgIpc) is 2.75. The van der Waals surface area contributed by atoms with Crippen LogP contribution in [-0.4, -0.2) is 11.8 Å². The highest BCUT2D eigenvalue weighted by Crippen LogP contribution is 2.36. The van der Waals surface area contributed by atoms with Crippen LogP contribution in [0.3, 0.4) is 0 Å². The molecule has 3 rings (SSSR count). The number of benzene rings is 2. The molecule has 4 nitrogen and oxygen atoms in total. The molecule has 25 heavy (non-hydrogen) atoms. The molecule has 1 N–H and O–H groups in total. The van der Waals surface area contributed by atoms with Gasteiger partial charge in [0.25, 0.3) is 11.8 Å². The van der Waals surface area contributed by atoms with E-state index in [0.717, 1.165) is 4.90 Å². The molecule has 9 heteroatoms. The molecule has 0 saturated heterocycles. The highest BCUT2D eigenvalue weighted by Gasteiger charge is 2.39. The van der Waals surface area contributed by atoms with Crippen molar-refractivity contribution in [1.82, 2.24) is 0 Å². The minimum Gasteiger partial charge on any atom is -0.350 e. The van der Waals surface area contributed by atoms with E-state index in [1.54, 1.807) is 12.1 Å². The van der Waals surface area contributed by atoms with Gasteiger partial charge in [0.05, 0.1) is 20.8 Å². The Labute approximate surface area is 167 Å². The molecule has 0 radical (unpaired) electrons. The minimum atomic E-state index is -0.696. The number of rotatable bonds is 3. The smallest absolute Gasteiger partial charge is 0.283 e. The van der Waals surface area contributed by atoms with Crippen LogP contribution in [-0.2, 0) is 9.59 Å². The summed E-state index contributed by atoms with van der Waals surface area (Å²) in [6.45, 7) is 0. The Kier molecular flexibility index (Phi) is 5.19. The van der Waals surface area contributed by atoms with Gasteiger partial charge in [0.1, 0.15) is 10.7 Å². The van der Waals surface area contributed by atoms with Crippen molar-refractivity contribution in [2.75, 3.05) is 10.2 Å². The summed E-state index contributed by atoms with van der Waals surface area (Å²) in [6.07, 6.45) is 0. The summed E-state index contributed by atoms with van der Waals surface area (Å²) in [5, 5.41) is 3.70. The van der Waals surface area contributed by atoms with Crippen molar-refractivity contribution in [2.24, 2.45) is 0 Å². The van der Waals surface area contributed by atoms with Gasteiger partial charge in [0.2, 0.25) is 0 Å². The summed E-state index contributed by atoms with van der Waals surface area (Å²) in [7, 11) is 0. The Morgan fingerprint density at radius 1 is 0.760 bits per heavy atom. The predicted molar refractivity (Wildman–Crippen MR) is 102 cm³/mol. The molecule has 0 aromatic heterocycles. The number of nitrogens with one attached hydrogen (secondary N) is 1. The standard InChI is InChI=1S/C16H7Cl5N2O2/c17-7-1-4-12(11(20)5-7)23-15(24)13(21)14(16(23)25)22-8-2-3-9(18)10(19)6-8/h1-6,22H. The van der Waals surface area contributed by atoms with E-state index in [1.807, 2.05) is 0 Å². The Balaban J connectivity index is 1.95. The third kappa shape index (κ3) is 3.46. The van der Waals surface area contributed by atoms with E-state index in [-0.39, 0.29) is 26.5 Å². The van der Waals surface area contributed by atoms with Crippen molar-refractivity contribution in [3.63, 3.8) is 0 Å². The molecule has 1 aliphatic rings. The van der Waals surface area contributed by atoms with Gasteiger partial charge >= 0.3 is 0 Å². The first kappa shape index (κ1) is 18.4. The Morgan fingerprint density at radius 2 is 1.48 bits per heavy atom. The molecule has 0 fully saturated rings. The average molecular weight is 437 g/mol. The quantitative estimate of drug-likeness (QED) is 0.625. The van der Waals surface area contributed by atoms with Gasteiger partial charge < -0.3 is 5.32 Å². The van der Waals surface area contributed by atoms with E-state index < -0.39 is 11.8 Å². The van der Waals surface area contributed by atoms with Gasteiger partial charge in [-0.2, -0.15) is 0 Å². The van der Waals surface area contributed by atoms with Gasteiger partial charge in [-0.3, -0.25) is 9.59 Å². The number of imide groups is 1. The summed E-state index contributed by atoms with van der Waals surface area (Å²) in [4.78, 5) is 26.0. The van der Waals surface area contributed by atoms with Crippen molar-refractivity contribution >= 4 is 81.2 Å². The fourth-order valence-electron chi connectivity index (χ4n) is 2.21. The second kappa shape index (κ2) is 7.06. The molecule has 0 bridgehead atoms. The van der Waals surface area contributed by atoms with Gasteiger partial charge in [-0.05, 0) is 36.4 Å². The fourth-order valence-corrected chi connectivity index (χ4v) is 3.21. The molecule has 2 aromatic rings. The zero-order chi connectivity index (χ0) is 18.3. The van der Waals surface area contributed by atoms with E-state index in [4.69, 9.17) is 58.0 Å². The van der Waals surface area contributed by atoms with Gasteiger partial charge in [0.15, 0.2) is 0 Å². The predicted octanol–water partition coefficient (Wildman–Crippen LogP) is 5.74. The van der Waals surface area contributed by atoms with Crippen LogP contribution >= 0.6 is 58.0 Å². The van der Waals surface area contributed by atoms with Crippen LogP contribution in [0.25, 0.3) is 0 Å². The molecule has 0 saturated carbocycles. The molecule has 0 unspecified atom stereocenters. The van der Waals surface area contributed by atoms with Crippen LogP contribution in [0, 0.1) is 0 Å². The first-order valence-electron chi connectivity index (χ1n) is 6.75. The number of carbonyl (C=O) groups is 2. The summed E-state index contributed by atoms with van der Waals surface area (Å²) in [5.41, 5.74) is 0.550. The van der Waals surface area contributed by atoms with E-state index in [9.17, 15) is 9.59 Å². The highest BCUT2D eigenvalue weighted by molar-refractivity contribution is 6.54. The summed E-state index contributed by atoms with van der Waals surface area (Å²) in [5.74, 6) is -1.34. The number of carbonyl (C=O) groups excluding carboxylic acids is 2. The van der Waals surface area contributed by atoms with Crippen molar-refractivity contribution in [2.45, 2.75) is 0 Å². The highest BCUT2D eigenvalue weighted by atomic mass is 35.5. The van der Waals surface area contributed by atoms with E-state index in [1.165, 1.54) is 24.3 Å². The van der Waals surface area contributed by atoms with Crippen LogP contribution in [0.4, 0.5) is 11.4 Å². The molecular weight excluding hydrogens is 429 g/mol. The van der Waals surface area contributed by atoms with Crippen LogP contribution in [0.15, 0.2) is 47.1 Å². The number of hydrogen-bond donors (Lipinski definition) is 1. The van der Waals surface area contributed by atoms with Crippen molar-refractivity contribution in [3.05, 3.63) is 67.2 Å². The molecule has 1 heterocycles. The van der Waals surface area contributed by atoms with E-state index in [0.29, 0.717) is 15.7 Å². The number of anilines is 2. The zero-order valence-electron chi connectivity index (χ0n) is 12.1. The maximum absolute atomic E-state index is 12.7. The Hall–Kier alpha value is -1.43. The maximum Gasteiger partial charge on any atom is 0.283 e. The number of hydrogen-bond acceptors (Lipinski definition) is 3. The van der Waals surface area contributed by atoms with Crippen molar-refractivity contribution < 1.29 is 9.59 Å². The lowest BCUT2D eigenvalue weighted by Gasteiger charge is -2.16. The van der Waals surface area contributed by atoms with Crippen molar-refractivity contribution in [1.29, 1.82) is 0 Å². The molecule has 0 spiro atoms. The van der Waals surface area contributed by atoms with Gasteiger partial charge in [0, 0.05) is 10.7 Å². The van der Waals surface area contributed by atoms with Gasteiger partial charge in [-0.15, -0.1) is 0 Å². The third-order valence-electron chi connectivity index (χ3n) is 3.37. The second-order valence-corrected chi connectivity index (χ2v) is 7.02. The molecule has 0 atom stereocenters. The Bertz CT molecular complexity index is 942. The summed E-state index contributed by atoms with van der Waals surface area (Å²) in [6, 6.07) is 9.07. The van der Waals surface area contributed by atoms with E-state index in [2.05, 4.69) is 5.32 Å². The molecule has 128 valence electrons. The lowest BCUT2D eigenvalue weighted by atomic mass is 10.3. The number of halogens is 5. The largest absolute Gasteiger partial charge is 0.350 e. The maximum atomic E-state index is 12.7. The van der Waals surface area contributed by atoms with Gasteiger partial charge in [-0.25, -0.2) is 4.90 Å². The third-order valence-corrected chi connectivity index (χ3v) is 4.99. The SMILES string of the molecule is O=C1C(Cl)=C(Nc2ccc(Cl)c(Cl)c2)C(=O)N1c1ccc(Cl)cc1Cl. The molecule has 0 aliphatic carbocycles. The number of amides is 2. The minimum absolute atomic E-state index is 0.0870. The molecule has 2 aromatic carbocycles. The van der Waals surface area contributed by atoms with Crippen LogP contribution in [0.5, 0.6) is 0 Å². The van der Waals surface area contributed by atoms with E-state index >= 15 is 0 Å². The first-order chi connectivity index (χ1) is 11.8. The Morgan fingerprint density at radius 3 is 2.12 bits per heavy atom. The second-order valence-electron chi connectivity index (χ2n) is 4.98. The monoisotopic (exact) mass is 434 g/mol. The molecule has 2 amide bonds. The summed E-state index contributed by atoms with van der Waals surface area (Å²) >= 11 is 29.8. The lowest BCUT2D eigenvalue weighted by molar-refractivity contribution is -0.120. The lowest BCUT2D eigenvalue weighted by Crippen LogP contribution is -2.32. The van der Waals surface area contributed by atoms with Crippen LogP contribution in [0.2, 0.25) is 20.1 Å². The summed E-state index contributed by atoms with van der Waals surface area (Å²) < 4.78 is 0. The van der Waals surface area contributed by atoms with Crippen molar-refractivity contribution in [3.8, 4) is 0 Å². The normalized spacial score (nSPS) is 14.5. The van der Waals surface area contributed by atoms with Crippen LogP contribution in [0.1, 0.15) is 0 Å². The number of nitrogens with zero attached hydrogens (tertiary/aromatic N) is 1. The van der Waals surface area contributed by atoms with Gasteiger partial charge in [-0.1, -0.05) is 58.0 Å². The first-order valence-corrected chi connectivity index (χ1v) is 8.64. The van der Waals surface area contributed by atoms with Crippen LogP contribution < -0.4 is 10.2 Å². The fraction of sp³-hybridized carbons (Fsp3) is 0. The molecule has 1 aliphatic heterocycles.